The van der Waals surface area contributed by atoms with Crippen LogP contribution in [-0.4, -0.2) is 52.5 Å². The molecule has 0 bridgehead atoms. The van der Waals surface area contributed by atoms with Crippen LogP contribution in [0.15, 0.2) is 65.5 Å². The first-order chi connectivity index (χ1) is 16.0. The van der Waals surface area contributed by atoms with Crippen molar-refractivity contribution >= 4 is 23.4 Å². The third-order valence-electron chi connectivity index (χ3n) is 6.90. The smallest absolute Gasteiger partial charge is 0.258 e. The Balaban J connectivity index is 1.46. The number of benzene rings is 1. The molecule has 2 aliphatic carbocycles. The number of hydrogen-bond donors (Lipinski definition) is 0. The summed E-state index contributed by atoms with van der Waals surface area (Å²) in [5, 5.41) is 0.551. The summed E-state index contributed by atoms with van der Waals surface area (Å²) in [5.74, 6) is 1.82. The second kappa shape index (κ2) is 8.30. The number of rotatable bonds is 6. The van der Waals surface area contributed by atoms with Gasteiger partial charge in [0.1, 0.15) is 11.9 Å². The lowest BCUT2D eigenvalue weighted by Crippen LogP contribution is -2.58. The number of halogens is 1. The molecular weight excluding hydrogens is 440 g/mol. The predicted molar refractivity (Wildman–Crippen MR) is 126 cm³/mol. The van der Waals surface area contributed by atoms with Gasteiger partial charge in [-0.05, 0) is 43.9 Å². The van der Waals surface area contributed by atoms with E-state index in [1.54, 1.807) is 44.6 Å². The van der Waals surface area contributed by atoms with E-state index in [-0.39, 0.29) is 23.5 Å². The number of allylic oxidation sites excluding steroid dienone is 1. The summed E-state index contributed by atoms with van der Waals surface area (Å²) < 4.78 is 11.7. The number of likely N-dealkylation sites (tertiary alicyclic amines) is 1. The number of carbonyl (C=O) groups excluding carboxylic acids is 1. The Morgan fingerprint density at radius 3 is 2.79 bits per heavy atom. The first-order valence-electron chi connectivity index (χ1n) is 10.9. The van der Waals surface area contributed by atoms with Crippen LogP contribution < -0.4 is 4.74 Å². The van der Waals surface area contributed by atoms with Gasteiger partial charge in [0.15, 0.2) is 5.82 Å². The summed E-state index contributed by atoms with van der Waals surface area (Å²) in [4.78, 5) is 28.9. The molecule has 7 nitrogen and oxygen atoms in total. The van der Waals surface area contributed by atoms with E-state index < -0.39 is 0 Å². The van der Waals surface area contributed by atoms with Gasteiger partial charge >= 0.3 is 0 Å². The lowest BCUT2D eigenvalue weighted by atomic mass is 9.73. The van der Waals surface area contributed by atoms with E-state index in [2.05, 4.69) is 21.5 Å². The molecule has 0 radical (unpaired) electrons. The molecule has 2 saturated carbocycles. The maximum atomic E-state index is 13.9. The Morgan fingerprint density at radius 2 is 2.09 bits per heavy atom. The van der Waals surface area contributed by atoms with Gasteiger partial charge in [0.2, 0.25) is 5.90 Å². The Hall–Kier alpha value is -3.19. The largest absolute Gasteiger partial charge is 0.496 e. The minimum atomic E-state index is -0.145. The molecule has 4 atom stereocenters. The highest BCUT2D eigenvalue weighted by molar-refractivity contribution is 6.29. The fourth-order valence-corrected chi connectivity index (χ4v) is 5.43. The molecule has 0 N–H and O–H groups in total. The highest BCUT2D eigenvalue weighted by Crippen LogP contribution is 2.72. The van der Waals surface area contributed by atoms with Gasteiger partial charge in [0.25, 0.3) is 5.91 Å². The van der Waals surface area contributed by atoms with E-state index in [9.17, 15) is 4.79 Å². The van der Waals surface area contributed by atoms with Crippen LogP contribution in [0.3, 0.4) is 0 Å². The SMILES string of the molecule is C=CC(=N/C=C(\C)Cl)OC1CC23CC2CN(C(=O)c2c(OC)cccc2-c2ncccn2)C13. The molecule has 1 saturated heterocycles. The minimum Gasteiger partial charge on any atom is -0.496 e. The highest BCUT2D eigenvalue weighted by Gasteiger charge is 2.76. The Labute approximate surface area is 197 Å². The first-order valence-corrected chi connectivity index (χ1v) is 11.3. The van der Waals surface area contributed by atoms with Crippen LogP contribution in [-0.2, 0) is 4.74 Å². The van der Waals surface area contributed by atoms with Crippen LogP contribution in [0.2, 0.25) is 0 Å². The summed E-state index contributed by atoms with van der Waals surface area (Å²) >= 11 is 5.90. The molecule has 4 unspecified atom stereocenters. The summed E-state index contributed by atoms with van der Waals surface area (Å²) in [7, 11) is 1.57. The summed E-state index contributed by atoms with van der Waals surface area (Å²) in [6, 6.07) is 7.23. The van der Waals surface area contributed by atoms with Crippen LogP contribution in [0.5, 0.6) is 5.75 Å². The number of hydrogen-bond acceptors (Lipinski definition) is 6. The first kappa shape index (κ1) is 21.6. The van der Waals surface area contributed by atoms with E-state index in [4.69, 9.17) is 21.1 Å². The second-order valence-corrected chi connectivity index (χ2v) is 9.34. The quantitative estimate of drug-likeness (QED) is 0.466. The monoisotopic (exact) mass is 464 g/mol. The number of piperidine rings is 1. The van der Waals surface area contributed by atoms with Gasteiger partial charge < -0.3 is 14.4 Å². The number of aliphatic imine (C=N–C) groups is 1. The van der Waals surface area contributed by atoms with Crippen molar-refractivity contribution in [2.75, 3.05) is 13.7 Å². The van der Waals surface area contributed by atoms with E-state index in [1.165, 1.54) is 6.20 Å². The molecule has 1 aromatic heterocycles. The molecule has 3 aliphatic rings. The summed E-state index contributed by atoms with van der Waals surface area (Å²) in [6.45, 7) is 6.25. The number of carbonyl (C=O) groups is 1. The number of methoxy groups -OCH3 is 1. The van der Waals surface area contributed by atoms with Crippen molar-refractivity contribution < 1.29 is 14.3 Å². The predicted octanol–water partition coefficient (Wildman–Crippen LogP) is 4.46. The number of aromatic nitrogens is 2. The molecule has 1 aromatic carbocycles. The fraction of sp³-hybridized carbons (Fsp3) is 0.360. The van der Waals surface area contributed by atoms with Gasteiger partial charge in [-0.15, -0.1) is 0 Å². The van der Waals surface area contributed by atoms with Gasteiger partial charge in [-0.25, -0.2) is 15.0 Å². The van der Waals surface area contributed by atoms with Crippen LogP contribution in [0.4, 0.5) is 0 Å². The second-order valence-electron chi connectivity index (χ2n) is 8.74. The lowest BCUT2D eigenvalue weighted by Gasteiger charge is -2.47. The van der Waals surface area contributed by atoms with E-state index in [0.29, 0.717) is 46.1 Å². The number of nitrogens with zero attached hydrogens (tertiary/aromatic N) is 4. The van der Waals surface area contributed by atoms with Crippen molar-refractivity contribution in [3.05, 3.63) is 66.1 Å². The summed E-state index contributed by atoms with van der Waals surface area (Å²) in [6.07, 6.45) is 8.32. The van der Waals surface area contributed by atoms with Gasteiger partial charge in [0, 0.05) is 41.1 Å². The maximum absolute atomic E-state index is 13.9. The van der Waals surface area contributed by atoms with Crippen LogP contribution in [0, 0.1) is 11.3 Å². The van der Waals surface area contributed by atoms with E-state index >= 15 is 0 Å². The zero-order chi connectivity index (χ0) is 23.2. The zero-order valence-corrected chi connectivity index (χ0v) is 19.3. The van der Waals surface area contributed by atoms with Crippen molar-refractivity contribution in [2.24, 2.45) is 16.3 Å². The van der Waals surface area contributed by atoms with Gasteiger partial charge in [0.05, 0.1) is 18.7 Å². The van der Waals surface area contributed by atoms with Gasteiger partial charge in [-0.1, -0.05) is 30.3 Å². The van der Waals surface area contributed by atoms with E-state index in [1.807, 2.05) is 17.0 Å². The minimum absolute atomic E-state index is 0.0179. The summed E-state index contributed by atoms with van der Waals surface area (Å²) in [5.41, 5.74) is 1.28. The lowest BCUT2D eigenvalue weighted by molar-refractivity contribution is -0.0386. The molecule has 5 rings (SSSR count). The Morgan fingerprint density at radius 1 is 1.30 bits per heavy atom. The maximum Gasteiger partial charge on any atom is 0.258 e. The zero-order valence-electron chi connectivity index (χ0n) is 18.6. The Bertz CT molecular complexity index is 1160. The van der Waals surface area contributed by atoms with Crippen LogP contribution in [0.25, 0.3) is 11.4 Å². The highest BCUT2D eigenvalue weighted by atomic mass is 35.5. The fourth-order valence-electron chi connectivity index (χ4n) is 5.38. The van der Waals surface area contributed by atoms with Gasteiger partial charge in [-0.2, -0.15) is 0 Å². The molecule has 2 aromatic rings. The standard InChI is InChI=1S/C25H25ClN4O3/c1-4-20(29-13-15(2)26)33-19-12-25-11-16(25)14-30(22(19)25)24(31)21-17(7-5-8-18(21)32-3)23-27-9-6-10-28-23/h4-10,13,16,19,22H,1,11-12,14H2,2-3H3/b15-13+,29-20?. The van der Waals surface area contributed by atoms with Crippen molar-refractivity contribution in [1.29, 1.82) is 0 Å². The third-order valence-corrected chi connectivity index (χ3v) is 7.00. The number of amides is 1. The molecule has 33 heavy (non-hydrogen) atoms. The molecule has 1 amide bonds. The van der Waals surface area contributed by atoms with Crippen molar-refractivity contribution in [2.45, 2.75) is 31.9 Å². The van der Waals surface area contributed by atoms with Crippen molar-refractivity contribution in [1.82, 2.24) is 14.9 Å². The van der Waals surface area contributed by atoms with Crippen LogP contribution >= 0.6 is 11.6 Å². The van der Waals surface area contributed by atoms with Crippen molar-refractivity contribution in [3.8, 4) is 17.1 Å². The van der Waals surface area contributed by atoms with Crippen molar-refractivity contribution in [3.63, 3.8) is 0 Å². The van der Waals surface area contributed by atoms with Gasteiger partial charge in [-0.3, -0.25) is 4.79 Å². The topological polar surface area (TPSA) is 76.9 Å². The molecule has 170 valence electrons. The number of ether oxygens (including phenoxy) is 2. The van der Waals surface area contributed by atoms with Crippen LogP contribution in [0.1, 0.15) is 30.1 Å². The molecule has 1 aliphatic heterocycles. The molecule has 1 spiro atoms. The average Bonchev–Trinajstić information content (AvgIpc) is 3.49. The third kappa shape index (κ3) is 3.60. The molecule has 3 fully saturated rings. The molecular formula is C25H25ClN4O3. The normalized spacial score (nSPS) is 27.8. The molecule has 8 heteroatoms. The average molecular weight is 465 g/mol. The van der Waals surface area contributed by atoms with E-state index in [0.717, 1.165) is 12.8 Å². The molecule has 2 heterocycles. The Kier molecular flexibility index (Phi) is 5.44.